The second-order valence-electron chi connectivity index (χ2n) is 7.45. The number of amides is 1. The predicted molar refractivity (Wildman–Crippen MR) is 109 cm³/mol. The molecule has 0 spiro atoms. The van der Waals surface area contributed by atoms with Crippen LogP contribution in [0.25, 0.3) is 22.3 Å². The van der Waals surface area contributed by atoms with E-state index in [-0.39, 0.29) is 28.5 Å². The summed E-state index contributed by atoms with van der Waals surface area (Å²) >= 11 is 0. The summed E-state index contributed by atoms with van der Waals surface area (Å²) in [5, 5.41) is 12.4. The van der Waals surface area contributed by atoms with Crippen LogP contribution < -0.4 is 10.7 Å². The van der Waals surface area contributed by atoms with Gasteiger partial charge in [0.25, 0.3) is 5.91 Å². The van der Waals surface area contributed by atoms with Gasteiger partial charge in [-0.15, -0.1) is 0 Å². The van der Waals surface area contributed by atoms with Gasteiger partial charge in [-0.05, 0) is 38.3 Å². The van der Waals surface area contributed by atoms with Crippen LogP contribution in [0.15, 0.2) is 57.7 Å². The van der Waals surface area contributed by atoms with Crippen LogP contribution in [0, 0.1) is 12.8 Å². The highest BCUT2D eigenvalue weighted by molar-refractivity contribution is 6.05. The summed E-state index contributed by atoms with van der Waals surface area (Å²) in [4.78, 5) is 37.0. The summed E-state index contributed by atoms with van der Waals surface area (Å²) in [5.41, 5.74) is 1.59. The Morgan fingerprint density at radius 3 is 2.52 bits per heavy atom. The van der Waals surface area contributed by atoms with Gasteiger partial charge in [0, 0.05) is 17.2 Å². The van der Waals surface area contributed by atoms with Gasteiger partial charge in [0.2, 0.25) is 0 Å². The second kappa shape index (κ2) is 7.54. The number of fused-ring (bicyclic) bond motifs is 1. The summed E-state index contributed by atoms with van der Waals surface area (Å²) in [6.45, 7) is 1.71. The van der Waals surface area contributed by atoms with Crippen LogP contribution in [0.2, 0.25) is 0 Å². The van der Waals surface area contributed by atoms with Crippen molar-refractivity contribution >= 4 is 22.8 Å². The van der Waals surface area contributed by atoms with Gasteiger partial charge in [-0.25, -0.2) is 0 Å². The van der Waals surface area contributed by atoms with Gasteiger partial charge in [0.1, 0.15) is 5.76 Å². The van der Waals surface area contributed by atoms with Crippen LogP contribution in [0.3, 0.4) is 0 Å². The van der Waals surface area contributed by atoms with Crippen molar-refractivity contribution in [3.05, 3.63) is 69.9 Å². The molecule has 2 N–H and O–H groups in total. The molecule has 0 saturated heterocycles. The number of rotatable bonds is 4. The summed E-state index contributed by atoms with van der Waals surface area (Å²) in [7, 11) is 0. The minimum absolute atomic E-state index is 0.174. The molecule has 0 aliphatic heterocycles. The molecule has 4 rings (SSSR count). The Morgan fingerprint density at radius 1 is 1.07 bits per heavy atom. The van der Waals surface area contributed by atoms with Crippen molar-refractivity contribution in [3.8, 4) is 11.3 Å². The van der Waals surface area contributed by atoms with Crippen LogP contribution in [-0.4, -0.2) is 23.0 Å². The van der Waals surface area contributed by atoms with E-state index in [1.54, 1.807) is 25.1 Å². The van der Waals surface area contributed by atoms with Crippen LogP contribution in [0.1, 0.15) is 35.2 Å². The molecule has 6 nitrogen and oxygen atoms in total. The average Bonchev–Trinajstić information content (AvgIpc) is 3.19. The number of carboxylic acids is 1. The number of carboxylic acid groups (broad SMARTS) is 1. The number of carbonyl (C=O) groups excluding carboxylic acids is 1. The molecule has 148 valence electrons. The van der Waals surface area contributed by atoms with Crippen LogP contribution >= 0.6 is 0 Å². The van der Waals surface area contributed by atoms with Crippen molar-refractivity contribution in [1.82, 2.24) is 5.32 Å². The van der Waals surface area contributed by atoms with E-state index in [1.165, 1.54) is 0 Å². The Balaban J connectivity index is 1.73. The lowest BCUT2D eigenvalue weighted by Gasteiger charge is -2.14. The topological polar surface area (TPSA) is 96.6 Å². The zero-order chi connectivity index (χ0) is 20.5. The predicted octanol–water partition coefficient (Wildman–Crippen LogP) is 3.75. The number of carbonyl (C=O) groups is 2. The van der Waals surface area contributed by atoms with Crippen LogP contribution in [0.5, 0.6) is 0 Å². The van der Waals surface area contributed by atoms with Gasteiger partial charge in [-0.1, -0.05) is 36.4 Å². The van der Waals surface area contributed by atoms with Crippen molar-refractivity contribution in [2.24, 2.45) is 5.92 Å². The number of para-hydroxylation sites is 1. The molecule has 1 aliphatic carbocycles. The highest BCUT2D eigenvalue weighted by Crippen LogP contribution is 2.29. The number of hydrogen-bond donors (Lipinski definition) is 2. The summed E-state index contributed by atoms with van der Waals surface area (Å²) < 4.78 is 6.08. The van der Waals surface area contributed by atoms with E-state index in [0.29, 0.717) is 36.0 Å². The molecule has 1 saturated carbocycles. The Bertz CT molecular complexity index is 1150. The lowest BCUT2D eigenvalue weighted by atomic mass is 10.0. The van der Waals surface area contributed by atoms with Crippen molar-refractivity contribution in [2.75, 3.05) is 0 Å². The Labute approximate surface area is 167 Å². The maximum atomic E-state index is 12.9. The summed E-state index contributed by atoms with van der Waals surface area (Å²) in [6, 6.07) is 14.0. The molecule has 0 bridgehead atoms. The fraction of sp³-hybridized carbons (Fsp3) is 0.261. The van der Waals surface area contributed by atoms with E-state index in [0.717, 1.165) is 5.56 Å². The zero-order valence-electron chi connectivity index (χ0n) is 16.0. The SMILES string of the molecule is Cc1c(-c2ccccc2)oc2c(C(=O)N[C@@H]3CC[C@H](C(=O)O)C3)cccc2c1=O. The first-order valence-corrected chi connectivity index (χ1v) is 9.61. The highest BCUT2D eigenvalue weighted by Gasteiger charge is 2.31. The van der Waals surface area contributed by atoms with Gasteiger partial charge in [-0.3, -0.25) is 14.4 Å². The van der Waals surface area contributed by atoms with Gasteiger partial charge >= 0.3 is 5.97 Å². The van der Waals surface area contributed by atoms with Crippen LogP contribution in [-0.2, 0) is 4.79 Å². The van der Waals surface area contributed by atoms with E-state index in [1.807, 2.05) is 30.3 Å². The molecule has 0 unspecified atom stereocenters. The minimum atomic E-state index is -0.833. The van der Waals surface area contributed by atoms with E-state index in [9.17, 15) is 14.4 Å². The van der Waals surface area contributed by atoms with Crippen molar-refractivity contribution < 1.29 is 19.1 Å². The number of aliphatic carboxylic acids is 1. The molecule has 29 heavy (non-hydrogen) atoms. The normalized spacial score (nSPS) is 18.7. The van der Waals surface area contributed by atoms with Gasteiger partial charge in [0.15, 0.2) is 11.0 Å². The molecule has 1 aromatic heterocycles. The van der Waals surface area contributed by atoms with Crippen molar-refractivity contribution in [1.29, 1.82) is 0 Å². The molecule has 2 atom stereocenters. The minimum Gasteiger partial charge on any atom is -0.481 e. The molecule has 3 aromatic rings. The summed E-state index contributed by atoms with van der Waals surface area (Å²) in [5.74, 6) is -1.19. The van der Waals surface area contributed by atoms with E-state index >= 15 is 0 Å². The molecule has 0 radical (unpaired) electrons. The Morgan fingerprint density at radius 2 is 1.83 bits per heavy atom. The average molecular weight is 391 g/mol. The first kappa shape index (κ1) is 18.9. The fourth-order valence-electron chi connectivity index (χ4n) is 3.95. The monoisotopic (exact) mass is 391 g/mol. The third-order valence-corrected chi connectivity index (χ3v) is 5.54. The van der Waals surface area contributed by atoms with Crippen molar-refractivity contribution in [3.63, 3.8) is 0 Å². The third-order valence-electron chi connectivity index (χ3n) is 5.54. The maximum absolute atomic E-state index is 12.9. The van der Waals surface area contributed by atoms with Gasteiger partial charge in [-0.2, -0.15) is 0 Å². The first-order chi connectivity index (χ1) is 14.0. The molecule has 6 heteroatoms. The first-order valence-electron chi connectivity index (χ1n) is 9.61. The molecular formula is C23H21NO5. The zero-order valence-corrected chi connectivity index (χ0v) is 16.0. The lowest BCUT2D eigenvalue weighted by Crippen LogP contribution is -2.33. The fourth-order valence-corrected chi connectivity index (χ4v) is 3.95. The standard InChI is InChI=1S/C23H21NO5/c1-13-19(25)17-8-5-9-18(21(17)29-20(13)14-6-3-2-4-7-14)22(26)24-16-11-10-15(12-16)23(27)28/h2-9,15-16H,10-12H2,1H3,(H,24,26)(H,27,28)/t15-,16+/m0/s1. The smallest absolute Gasteiger partial charge is 0.306 e. The maximum Gasteiger partial charge on any atom is 0.306 e. The molecule has 1 aliphatic rings. The van der Waals surface area contributed by atoms with Gasteiger partial charge in [0.05, 0.1) is 16.9 Å². The van der Waals surface area contributed by atoms with E-state index in [4.69, 9.17) is 9.52 Å². The number of benzene rings is 2. The third kappa shape index (κ3) is 3.53. The van der Waals surface area contributed by atoms with Crippen LogP contribution in [0.4, 0.5) is 0 Å². The lowest BCUT2D eigenvalue weighted by molar-refractivity contribution is -0.141. The molecule has 1 amide bonds. The molecule has 1 heterocycles. The molecular weight excluding hydrogens is 370 g/mol. The second-order valence-corrected chi connectivity index (χ2v) is 7.45. The van der Waals surface area contributed by atoms with E-state index < -0.39 is 11.9 Å². The molecule has 2 aromatic carbocycles. The highest BCUT2D eigenvalue weighted by atomic mass is 16.4. The van der Waals surface area contributed by atoms with Crippen molar-refractivity contribution in [2.45, 2.75) is 32.2 Å². The van der Waals surface area contributed by atoms with Gasteiger partial charge < -0.3 is 14.8 Å². The number of hydrogen-bond acceptors (Lipinski definition) is 4. The largest absolute Gasteiger partial charge is 0.481 e. The Kier molecular flexibility index (Phi) is 4.92. The Hall–Kier alpha value is -3.41. The van der Waals surface area contributed by atoms with E-state index in [2.05, 4.69) is 5.32 Å². The quantitative estimate of drug-likeness (QED) is 0.706. The summed E-state index contributed by atoms with van der Waals surface area (Å²) in [6.07, 6.45) is 1.57. The molecule has 1 fully saturated rings. The number of nitrogens with one attached hydrogen (secondary N) is 1.